The second-order valence-electron chi connectivity index (χ2n) is 5.10. The Morgan fingerprint density at radius 1 is 1.50 bits per heavy atom. The van der Waals surface area contributed by atoms with E-state index >= 15 is 0 Å². The fourth-order valence-corrected chi connectivity index (χ4v) is 2.32. The third kappa shape index (κ3) is 3.01. The van der Waals surface area contributed by atoms with Gasteiger partial charge in [-0.1, -0.05) is 12.2 Å². The summed E-state index contributed by atoms with van der Waals surface area (Å²) in [5.74, 6) is 0.0742. The van der Waals surface area contributed by atoms with Crippen LogP contribution in [0.1, 0.15) is 24.6 Å². The van der Waals surface area contributed by atoms with E-state index in [1.54, 1.807) is 11.8 Å². The largest absolute Gasteiger partial charge is 0.433 e. The first-order chi connectivity index (χ1) is 9.10. The molecule has 0 spiro atoms. The molecule has 8 heteroatoms. The molecular weight excluding hydrogens is 291 g/mol. The first-order valence-corrected chi connectivity index (χ1v) is 6.36. The van der Waals surface area contributed by atoms with E-state index in [-0.39, 0.29) is 22.9 Å². The van der Waals surface area contributed by atoms with Crippen molar-refractivity contribution in [2.75, 3.05) is 18.0 Å². The fourth-order valence-electron chi connectivity index (χ4n) is 2.17. The molecule has 0 aromatic carbocycles. The van der Waals surface area contributed by atoms with Crippen LogP contribution in [0.5, 0.6) is 0 Å². The summed E-state index contributed by atoms with van der Waals surface area (Å²) in [6.07, 6.45) is -4.09. The highest BCUT2D eigenvalue weighted by atomic mass is 32.1. The molecule has 1 aliphatic rings. The lowest BCUT2D eigenvalue weighted by Crippen LogP contribution is -2.32. The van der Waals surface area contributed by atoms with Crippen molar-refractivity contribution >= 4 is 23.0 Å². The molecule has 0 aliphatic carbocycles. The van der Waals surface area contributed by atoms with Crippen molar-refractivity contribution in [3.63, 3.8) is 0 Å². The van der Waals surface area contributed by atoms with Crippen LogP contribution >= 0.6 is 12.2 Å². The molecule has 1 saturated heterocycles. The monoisotopic (exact) mass is 305 g/mol. The number of aliphatic hydroxyl groups is 1. The van der Waals surface area contributed by atoms with Crippen LogP contribution in [0, 0.1) is 0 Å². The van der Waals surface area contributed by atoms with Gasteiger partial charge in [-0.3, -0.25) is 0 Å². The highest BCUT2D eigenvalue weighted by Gasteiger charge is 2.37. The minimum atomic E-state index is -4.54. The van der Waals surface area contributed by atoms with Gasteiger partial charge in [0.05, 0.1) is 11.2 Å². The van der Waals surface area contributed by atoms with Gasteiger partial charge in [0.15, 0.2) is 0 Å². The summed E-state index contributed by atoms with van der Waals surface area (Å²) in [6.45, 7) is 2.22. The van der Waals surface area contributed by atoms with Gasteiger partial charge >= 0.3 is 6.18 Å². The van der Waals surface area contributed by atoms with E-state index in [9.17, 15) is 18.3 Å². The number of halogens is 3. The molecule has 1 unspecified atom stereocenters. The van der Waals surface area contributed by atoms with Gasteiger partial charge in [-0.2, -0.15) is 13.2 Å². The first-order valence-electron chi connectivity index (χ1n) is 5.95. The standard InChI is InChI=1S/C12H14F3N3OS/c1-11(19)4-5-18(6-11)10-7(9(16)20)2-3-8(17-10)12(13,14)15/h2-3,19H,4-6H2,1H3,(H2,16,20). The highest BCUT2D eigenvalue weighted by molar-refractivity contribution is 7.80. The summed E-state index contributed by atoms with van der Waals surface area (Å²) in [6, 6.07) is 2.08. The number of β-amino-alcohol motifs (C(OH)–C–C–N with tert-alkyl or cyclic N) is 1. The number of thiocarbonyl (C=S) groups is 1. The zero-order valence-electron chi connectivity index (χ0n) is 10.7. The summed E-state index contributed by atoms with van der Waals surface area (Å²) in [7, 11) is 0. The Morgan fingerprint density at radius 2 is 2.15 bits per heavy atom. The van der Waals surface area contributed by atoms with Crippen molar-refractivity contribution in [1.29, 1.82) is 0 Å². The van der Waals surface area contributed by atoms with Crippen LogP contribution in [0.25, 0.3) is 0 Å². The van der Waals surface area contributed by atoms with Crippen LogP contribution in [0.15, 0.2) is 12.1 Å². The lowest BCUT2D eigenvalue weighted by Gasteiger charge is -2.23. The maximum Gasteiger partial charge on any atom is 0.433 e. The van der Waals surface area contributed by atoms with Crippen LogP contribution in [0.2, 0.25) is 0 Å². The minimum Gasteiger partial charge on any atom is -0.389 e. The van der Waals surface area contributed by atoms with Crippen LogP contribution in [0.3, 0.4) is 0 Å². The number of hydrogen-bond acceptors (Lipinski definition) is 4. The fraction of sp³-hybridized carbons (Fsp3) is 0.500. The third-order valence-corrected chi connectivity index (χ3v) is 3.40. The number of alkyl halides is 3. The Morgan fingerprint density at radius 3 is 2.60 bits per heavy atom. The molecule has 4 nitrogen and oxygen atoms in total. The normalized spacial score (nSPS) is 23.1. The molecule has 2 rings (SSSR count). The molecule has 0 bridgehead atoms. The zero-order valence-corrected chi connectivity index (χ0v) is 11.6. The summed E-state index contributed by atoms with van der Waals surface area (Å²) in [4.78, 5) is 5.19. The molecule has 1 aromatic heterocycles. The molecular formula is C12H14F3N3OS. The van der Waals surface area contributed by atoms with Crippen molar-refractivity contribution in [2.45, 2.75) is 25.1 Å². The van der Waals surface area contributed by atoms with E-state index in [2.05, 4.69) is 4.98 Å². The van der Waals surface area contributed by atoms with Gasteiger partial charge in [0.25, 0.3) is 0 Å². The van der Waals surface area contributed by atoms with E-state index in [1.807, 2.05) is 0 Å². The SMILES string of the molecule is CC1(O)CCN(c2nc(C(F)(F)F)ccc2C(N)=S)C1. The van der Waals surface area contributed by atoms with Gasteiger partial charge in [-0.15, -0.1) is 0 Å². The maximum atomic E-state index is 12.7. The van der Waals surface area contributed by atoms with Crippen LogP contribution in [-0.4, -0.2) is 33.8 Å². The number of hydrogen-bond donors (Lipinski definition) is 2. The highest BCUT2D eigenvalue weighted by Crippen LogP contribution is 2.33. The molecule has 1 atom stereocenters. The molecule has 1 fully saturated rings. The third-order valence-electron chi connectivity index (χ3n) is 3.18. The van der Waals surface area contributed by atoms with Crippen molar-refractivity contribution in [1.82, 2.24) is 4.98 Å². The Labute approximate surface area is 119 Å². The molecule has 0 saturated carbocycles. The van der Waals surface area contributed by atoms with E-state index in [0.717, 1.165) is 6.07 Å². The number of nitrogens with zero attached hydrogens (tertiary/aromatic N) is 2. The molecule has 20 heavy (non-hydrogen) atoms. The van der Waals surface area contributed by atoms with Gasteiger partial charge in [0.2, 0.25) is 0 Å². The lowest BCUT2D eigenvalue weighted by atomic mass is 10.1. The van der Waals surface area contributed by atoms with E-state index in [1.165, 1.54) is 6.07 Å². The van der Waals surface area contributed by atoms with Crippen molar-refractivity contribution in [2.24, 2.45) is 5.73 Å². The lowest BCUT2D eigenvalue weighted by molar-refractivity contribution is -0.141. The number of rotatable bonds is 2. The Bertz CT molecular complexity index is 545. The number of aromatic nitrogens is 1. The van der Waals surface area contributed by atoms with Gasteiger partial charge in [0, 0.05) is 13.1 Å². The minimum absolute atomic E-state index is 0.0206. The molecule has 0 amide bonds. The van der Waals surface area contributed by atoms with Crippen molar-refractivity contribution < 1.29 is 18.3 Å². The first kappa shape index (κ1) is 15.0. The predicted octanol–water partition coefficient (Wildman–Crippen LogP) is 1.70. The summed E-state index contributed by atoms with van der Waals surface area (Å²) >= 11 is 4.85. The topological polar surface area (TPSA) is 62.4 Å². The van der Waals surface area contributed by atoms with E-state index in [0.29, 0.717) is 13.0 Å². The molecule has 0 radical (unpaired) electrons. The van der Waals surface area contributed by atoms with E-state index in [4.69, 9.17) is 18.0 Å². The van der Waals surface area contributed by atoms with Crippen LogP contribution < -0.4 is 10.6 Å². The van der Waals surface area contributed by atoms with E-state index < -0.39 is 17.5 Å². The van der Waals surface area contributed by atoms with Crippen molar-refractivity contribution in [3.8, 4) is 0 Å². The van der Waals surface area contributed by atoms with Gasteiger partial charge in [-0.05, 0) is 25.5 Å². The van der Waals surface area contributed by atoms with Gasteiger partial charge in [0.1, 0.15) is 16.5 Å². The van der Waals surface area contributed by atoms with Gasteiger partial charge in [-0.25, -0.2) is 4.98 Å². The van der Waals surface area contributed by atoms with Crippen molar-refractivity contribution in [3.05, 3.63) is 23.4 Å². The van der Waals surface area contributed by atoms with Crippen LogP contribution in [0.4, 0.5) is 19.0 Å². The quantitative estimate of drug-likeness (QED) is 0.814. The number of pyridine rings is 1. The zero-order chi connectivity index (χ0) is 15.1. The summed E-state index contributed by atoms with van der Waals surface area (Å²) < 4.78 is 38.2. The second-order valence-corrected chi connectivity index (χ2v) is 5.54. The molecule has 1 aliphatic heterocycles. The Balaban J connectivity index is 2.46. The Hall–Kier alpha value is -1.41. The average Bonchev–Trinajstić information content (AvgIpc) is 2.67. The molecule has 1 aromatic rings. The molecule has 3 N–H and O–H groups in total. The van der Waals surface area contributed by atoms with Crippen LogP contribution in [-0.2, 0) is 6.18 Å². The average molecular weight is 305 g/mol. The summed E-state index contributed by atoms with van der Waals surface area (Å²) in [5.41, 5.74) is 3.86. The number of nitrogens with two attached hydrogens (primary N) is 1. The molecule has 110 valence electrons. The summed E-state index contributed by atoms with van der Waals surface area (Å²) in [5, 5.41) is 9.93. The smallest absolute Gasteiger partial charge is 0.389 e. The Kier molecular flexibility index (Phi) is 3.64. The van der Waals surface area contributed by atoms with Gasteiger partial charge < -0.3 is 15.7 Å². The second kappa shape index (κ2) is 4.85. The predicted molar refractivity (Wildman–Crippen MR) is 72.6 cm³/mol. The maximum absolute atomic E-state index is 12.7. The number of anilines is 1. The molecule has 2 heterocycles.